The first-order chi connectivity index (χ1) is 10.5. The fraction of sp³-hybridized carbons (Fsp3) is 0.429. The van der Waals surface area contributed by atoms with Crippen molar-refractivity contribution in [2.45, 2.75) is 12.3 Å². The third-order valence-corrected chi connectivity index (χ3v) is 3.70. The lowest BCUT2D eigenvalue weighted by Gasteiger charge is -2.35. The van der Waals surface area contributed by atoms with Crippen molar-refractivity contribution in [3.05, 3.63) is 17.7 Å². The number of ether oxygens (including phenoxy) is 3. The molecule has 0 saturated carbocycles. The smallest absolute Gasteiger partial charge is 0.203 e. The predicted octanol–water partition coefficient (Wildman–Crippen LogP) is 0.689. The van der Waals surface area contributed by atoms with Crippen molar-refractivity contribution in [2.75, 3.05) is 21.3 Å². The molecule has 1 saturated heterocycles. The fourth-order valence-corrected chi connectivity index (χ4v) is 2.64. The topological polar surface area (TPSA) is 95.8 Å². The minimum Gasteiger partial charge on any atom is -0.493 e. The minimum atomic E-state index is -1.05. The normalized spacial score (nSPS) is 23.8. The van der Waals surface area contributed by atoms with Crippen LogP contribution in [0.3, 0.4) is 0 Å². The summed E-state index contributed by atoms with van der Waals surface area (Å²) < 4.78 is 15.9. The van der Waals surface area contributed by atoms with E-state index in [4.69, 9.17) is 26.4 Å². The van der Waals surface area contributed by atoms with Gasteiger partial charge in [0, 0.05) is 0 Å². The molecule has 0 unspecified atom stereocenters. The van der Waals surface area contributed by atoms with Crippen LogP contribution >= 0.6 is 12.2 Å². The number of hydrogen-bond acceptors (Lipinski definition) is 6. The molecule has 2 rings (SSSR count). The molecule has 1 fully saturated rings. The molecule has 3 N–H and O–H groups in total. The van der Waals surface area contributed by atoms with Gasteiger partial charge in [0.1, 0.15) is 12.1 Å². The minimum absolute atomic E-state index is 0.276. The standard InChI is InChI=1S/C14H17N3O4S/c1-19-9-4-7(5-10(20-2)12(9)21-3)11-8(6-15)13(18)17-14(22)16-11/h4-5,8,11,13,18H,1-3H3,(H2,16,17,22)/t8-,11-,13+/m0/s1. The lowest BCUT2D eigenvalue weighted by molar-refractivity contribution is 0.0895. The average molecular weight is 323 g/mol. The van der Waals surface area contributed by atoms with Crippen LogP contribution in [0.4, 0.5) is 0 Å². The highest BCUT2D eigenvalue weighted by molar-refractivity contribution is 7.80. The van der Waals surface area contributed by atoms with Gasteiger partial charge in [-0.15, -0.1) is 0 Å². The van der Waals surface area contributed by atoms with Crippen molar-refractivity contribution < 1.29 is 19.3 Å². The Morgan fingerprint density at radius 1 is 1.14 bits per heavy atom. The summed E-state index contributed by atoms with van der Waals surface area (Å²) in [7, 11) is 4.54. The molecule has 7 nitrogen and oxygen atoms in total. The summed E-state index contributed by atoms with van der Waals surface area (Å²) in [6, 6.07) is 5.03. The van der Waals surface area contributed by atoms with Gasteiger partial charge in [-0.1, -0.05) is 0 Å². The predicted molar refractivity (Wildman–Crippen MR) is 82.8 cm³/mol. The Hall–Kier alpha value is -2.24. The number of nitrogens with zero attached hydrogens (tertiary/aromatic N) is 1. The Balaban J connectivity index is 2.50. The van der Waals surface area contributed by atoms with Crippen LogP contribution in [0.2, 0.25) is 0 Å². The van der Waals surface area contributed by atoms with E-state index in [9.17, 15) is 10.4 Å². The molecule has 0 aliphatic carbocycles. The van der Waals surface area contributed by atoms with Crippen LogP contribution in [0.15, 0.2) is 12.1 Å². The third kappa shape index (κ3) is 2.86. The Kier molecular flexibility index (Phi) is 4.90. The number of hydrogen-bond donors (Lipinski definition) is 3. The molecule has 22 heavy (non-hydrogen) atoms. The van der Waals surface area contributed by atoms with Gasteiger partial charge in [-0.3, -0.25) is 0 Å². The van der Waals surface area contributed by atoms with Gasteiger partial charge < -0.3 is 30.0 Å². The molecule has 1 aliphatic heterocycles. The van der Waals surface area contributed by atoms with E-state index in [0.717, 1.165) is 0 Å². The first kappa shape index (κ1) is 16.1. The van der Waals surface area contributed by atoms with Gasteiger partial charge in [-0.2, -0.15) is 5.26 Å². The van der Waals surface area contributed by atoms with E-state index in [1.54, 1.807) is 12.1 Å². The number of benzene rings is 1. The maximum atomic E-state index is 9.98. The molecular weight excluding hydrogens is 306 g/mol. The quantitative estimate of drug-likeness (QED) is 0.697. The molecule has 8 heteroatoms. The lowest BCUT2D eigenvalue weighted by atomic mass is 9.90. The van der Waals surface area contributed by atoms with Crippen LogP contribution in [0.25, 0.3) is 0 Å². The van der Waals surface area contributed by atoms with Gasteiger partial charge in [0.25, 0.3) is 0 Å². The van der Waals surface area contributed by atoms with Crippen LogP contribution in [0, 0.1) is 17.2 Å². The van der Waals surface area contributed by atoms with Gasteiger partial charge in [-0.05, 0) is 29.9 Å². The molecule has 0 amide bonds. The van der Waals surface area contributed by atoms with Gasteiger partial charge in [0.2, 0.25) is 5.75 Å². The van der Waals surface area contributed by atoms with Crippen molar-refractivity contribution in [3.63, 3.8) is 0 Å². The molecule has 0 spiro atoms. The molecular formula is C14H17N3O4S. The summed E-state index contributed by atoms with van der Waals surface area (Å²) >= 11 is 5.05. The summed E-state index contributed by atoms with van der Waals surface area (Å²) in [5, 5.41) is 25.2. The number of thiocarbonyl (C=S) groups is 1. The second-order valence-corrected chi connectivity index (χ2v) is 5.06. The number of rotatable bonds is 4. The Morgan fingerprint density at radius 3 is 2.18 bits per heavy atom. The second kappa shape index (κ2) is 6.68. The number of aliphatic hydroxyl groups is 1. The molecule has 1 aromatic carbocycles. The van der Waals surface area contributed by atoms with E-state index < -0.39 is 18.2 Å². The molecule has 0 radical (unpaired) electrons. The third-order valence-electron chi connectivity index (χ3n) is 3.46. The summed E-state index contributed by atoms with van der Waals surface area (Å²) in [4.78, 5) is 0. The number of methoxy groups -OCH3 is 3. The van der Waals surface area contributed by atoms with Crippen molar-refractivity contribution in [1.29, 1.82) is 5.26 Å². The highest BCUT2D eigenvalue weighted by Crippen LogP contribution is 2.41. The number of nitriles is 1. The highest BCUT2D eigenvalue weighted by Gasteiger charge is 2.36. The second-order valence-electron chi connectivity index (χ2n) is 4.65. The summed E-state index contributed by atoms with van der Waals surface area (Å²) in [5.41, 5.74) is 0.698. The van der Waals surface area contributed by atoms with Gasteiger partial charge in [0.05, 0.1) is 33.4 Å². The highest BCUT2D eigenvalue weighted by atomic mass is 32.1. The maximum absolute atomic E-state index is 9.98. The Labute approximate surface area is 133 Å². The Morgan fingerprint density at radius 2 is 1.73 bits per heavy atom. The number of nitrogens with one attached hydrogen (secondary N) is 2. The zero-order valence-electron chi connectivity index (χ0n) is 12.4. The molecule has 118 valence electrons. The van der Waals surface area contributed by atoms with Crippen molar-refractivity contribution in [3.8, 4) is 23.3 Å². The van der Waals surface area contributed by atoms with Crippen molar-refractivity contribution in [2.24, 2.45) is 5.92 Å². The van der Waals surface area contributed by atoms with Gasteiger partial charge >= 0.3 is 0 Å². The summed E-state index contributed by atoms with van der Waals surface area (Å²) in [5.74, 6) is 0.664. The first-order valence-electron chi connectivity index (χ1n) is 6.50. The van der Waals surface area contributed by atoms with E-state index >= 15 is 0 Å². The van der Waals surface area contributed by atoms with E-state index in [2.05, 4.69) is 16.7 Å². The average Bonchev–Trinajstić information content (AvgIpc) is 2.52. The van der Waals surface area contributed by atoms with Crippen LogP contribution in [0.5, 0.6) is 17.2 Å². The lowest BCUT2D eigenvalue weighted by Crippen LogP contribution is -2.55. The van der Waals surface area contributed by atoms with Crippen LogP contribution in [0.1, 0.15) is 11.6 Å². The monoisotopic (exact) mass is 323 g/mol. The Bertz CT molecular complexity index is 592. The van der Waals surface area contributed by atoms with E-state index in [1.807, 2.05) is 0 Å². The van der Waals surface area contributed by atoms with Crippen LogP contribution in [-0.4, -0.2) is 37.8 Å². The molecule has 1 aromatic rings. The first-order valence-corrected chi connectivity index (χ1v) is 6.91. The van der Waals surface area contributed by atoms with Crippen molar-refractivity contribution in [1.82, 2.24) is 10.6 Å². The fourth-order valence-electron chi connectivity index (χ4n) is 2.40. The zero-order valence-corrected chi connectivity index (χ0v) is 13.2. The molecule has 3 atom stereocenters. The van der Waals surface area contributed by atoms with E-state index in [0.29, 0.717) is 22.8 Å². The summed E-state index contributed by atoms with van der Waals surface area (Å²) in [6.07, 6.45) is -1.05. The van der Waals surface area contributed by atoms with E-state index in [-0.39, 0.29) is 5.11 Å². The summed E-state index contributed by atoms with van der Waals surface area (Å²) in [6.45, 7) is 0. The van der Waals surface area contributed by atoms with E-state index in [1.165, 1.54) is 21.3 Å². The molecule has 1 heterocycles. The number of aliphatic hydroxyl groups excluding tert-OH is 1. The largest absolute Gasteiger partial charge is 0.493 e. The SMILES string of the molecule is COc1cc([C@@H]2NC(=S)N[C@H](O)[C@H]2C#N)cc(OC)c1OC. The van der Waals surface area contributed by atoms with Crippen LogP contribution in [-0.2, 0) is 0 Å². The zero-order chi connectivity index (χ0) is 16.3. The maximum Gasteiger partial charge on any atom is 0.203 e. The molecule has 1 aliphatic rings. The van der Waals surface area contributed by atoms with Crippen molar-refractivity contribution >= 4 is 17.3 Å². The van der Waals surface area contributed by atoms with Crippen LogP contribution < -0.4 is 24.8 Å². The van der Waals surface area contributed by atoms with Gasteiger partial charge in [-0.25, -0.2) is 0 Å². The van der Waals surface area contributed by atoms with Gasteiger partial charge in [0.15, 0.2) is 16.6 Å². The molecule has 0 aromatic heterocycles. The molecule has 0 bridgehead atoms.